The van der Waals surface area contributed by atoms with Crippen molar-refractivity contribution in [3.63, 3.8) is 0 Å². The van der Waals surface area contributed by atoms with Gasteiger partial charge in [0, 0.05) is 9.40 Å². The Kier molecular flexibility index (Phi) is 4.11. The van der Waals surface area contributed by atoms with Crippen molar-refractivity contribution in [3.05, 3.63) is 44.5 Å². The van der Waals surface area contributed by atoms with E-state index in [2.05, 4.69) is 12.1 Å². The third kappa shape index (κ3) is 2.45. The summed E-state index contributed by atoms with van der Waals surface area (Å²) in [6.45, 7) is 4.09. The van der Waals surface area contributed by atoms with Gasteiger partial charge in [-0.25, -0.2) is 0 Å². The van der Waals surface area contributed by atoms with E-state index in [1.807, 2.05) is 50.3 Å². The topological polar surface area (TPSA) is 95.2 Å². The molecule has 0 spiro atoms. The van der Waals surface area contributed by atoms with Crippen LogP contribution in [0.4, 0.5) is 0 Å². The van der Waals surface area contributed by atoms with E-state index in [0.717, 1.165) is 42.1 Å². The zero-order valence-corrected chi connectivity index (χ0v) is 16.5. The lowest BCUT2D eigenvalue weighted by Crippen LogP contribution is -1.94. The number of aryl methyl sites for hydroxylation is 2. The molecule has 0 aliphatic heterocycles. The third-order valence-electron chi connectivity index (χ3n) is 4.92. The molecule has 130 valence electrons. The molecule has 0 radical (unpaired) electrons. The normalized spacial score (nSPS) is 10.4. The maximum Gasteiger partial charge on any atom is 0.146 e. The molecule has 0 N–H and O–H groups in total. The van der Waals surface area contributed by atoms with Crippen LogP contribution < -0.4 is 9.06 Å². The van der Waals surface area contributed by atoms with Crippen molar-refractivity contribution in [2.24, 2.45) is 0 Å². The lowest BCUT2D eigenvalue weighted by atomic mass is 9.97. The van der Waals surface area contributed by atoms with E-state index in [-0.39, 0.29) is 11.1 Å². The zero-order valence-electron chi connectivity index (χ0n) is 14.9. The number of nitrogens with zero attached hydrogens (tertiary/aromatic N) is 4. The summed E-state index contributed by atoms with van der Waals surface area (Å²) in [5.74, 6) is 0. The molecule has 0 bridgehead atoms. The molecule has 0 fully saturated rings. The van der Waals surface area contributed by atoms with Gasteiger partial charge in [-0.15, -0.1) is 22.7 Å². The van der Waals surface area contributed by atoms with E-state index >= 15 is 0 Å². The second kappa shape index (κ2) is 6.49. The molecule has 2 heterocycles. The van der Waals surface area contributed by atoms with Gasteiger partial charge in [-0.3, -0.25) is 0 Å². The summed E-state index contributed by atoms with van der Waals surface area (Å²) < 4.78 is 3.43. The summed E-state index contributed by atoms with van der Waals surface area (Å²) in [5.41, 5.74) is 2.44. The molecule has 0 aliphatic carbocycles. The minimum atomic E-state index is 0.128. The number of thiophene rings is 2. The van der Waals surface area contributed by atoms with Gasteiger partial charge in [-0.05, 0) is 70.8 Å². The standard InChI is InChI=1S/C22H10N4S2/c1-11-15-3-22-18(6-20(28-22)14(9-25)10-26)12(2)16(15)4-21-17(11)5-19(27-21)13(7-23)8-24/h3-6H,1-2H3. The number of hydrogen-bond acceptors (Lipinski definition) is 6. The fraction of sp³-hybridized carbons (Fsp3) is 0.0909. The van der Waals surface area contributed by atoms with Crippen molar-refractivity contribution in [3.8, 4) is 24.3 Å². The van der Waals surface area contributed by atoms with Crippen LogP contribution in [-0.2, 0) is 0 Å². The lowest BCUT2D eigenvalue weighted by molar-refractivity contribution is 1.51. The highest BCUT2D eigenvalue weighted by Gasteiger charge is 2.13. The summed E-state index contributed by atoms with van der Waals surface area (Å²) in [5, 5.41) is 40.9. The molecule has 28 heavy (non-hydrogen) atoms. The van der Waals surface area contributed by atoms with E-state index in [4.69, 9.17) is 21.0 Å². The molecule has 0 saturated heterocycles. The highest BCUT2D eigenvalue weighted by Crippen LogP contribution is 2.36. The average molecular weight is 394 g/mol. The van der Waals surface area contributed by atoms with Crippen LogP contribution in [0.5, 0.6) is 0 Å². The Bertz CT molecular complexity index is 1470. The van der Waals surface area contributed by atoms with Crippen molar-refractivity contribution in [1.82, 2.24) is 0 Å². The van der Waals surface area contributed by atoms with Crippen LogP contribution in [0.1, 0.15) is 11.1 Å². The SMILES string of the molecule is Cc1c2cc(=C(C#N)C#N)sc2cc2c(C)c3cc(=C(C#N)C#N)sc3cc12. The summed E-state index contributed by atoms with van der Waals surface area (Å²) in [7, 11) is 0. The van der Waals surface area contributed by atoms with E-state index in [9.17, 15) is 0 Å². The number of nitriles is 4. The second-order valence-electron chi connectivity index (χ2n) is 6.34. The number of rotatable bonds is 0. The predicted octanol–water partition coefficient (Wildman–Crippen LogP) is 4.28. The molecule has 4 aromatic rings. The first-order valence-electron chi connectivity index (χ1n) is 8.27. The van der Waals surface area contributed by atoms with Gasteiger partial charge in [0.2, 0.25) is 0 Å². The number of hydrogen-bond donors (Lipinski definition) is 0. The summed E-state index contributed by atoms with van der Waals surface area (Å²) in [6.07, 6.45) is 0. The van der Waals surface area contributed by atoms with E-state index in [1.54, 1.807) is 0 Å². The first-order valence-corrected chi connectivity index (χ1v) is 9.90. The molecule has 6 heteroatoms. The molecule has 2 aromatic carbocycles. The van der Waals surface area contributed by atoms with Gasteiger partial charge in [0.15, 0.2) is 0 Å². The second-order valence-corrected chi connectivity index (χ2v) is 8.51. The Morgan fingerprint density at radius 2 is 0.964 bits per heavy atom. The highest BCUT2D eigenvalue weighted by atomic mass is 32.1. The van der Waals surface area contributed by atoms with E-state index in [1.165, 1.54) is 22.7 Å². The number of fused-ring (bicyclic) bond motifs is 3. The molecule has 0 unspecified atom stereocenters. The van der Waals surface area contributed by atoms with Crippen LogP contribution in [0.25, 0.3) is 42.1 Å². The van der Waals surface area contributed by atoms with Crippen LogP contribution in [0.15, 0.2) is 24.3 Å². The minimum Gasteiger partial charge on any atom is -0.192 e. The minimum absolute atomic E-state index is 0.128. The molecular formula is C22H10N4S2. The van der Waals surface area contributed by atoms with Crippen molar-refractivity contribution in [2.75, 3.05) is 0 Å². The van der Waals surface area contributed by atoms with E-state index < -0.39 is 0 Å². The highest BCUT2D eigenvalue weighted by molar-refractivity contribution is 7.17. The molecule has 4 rings (SSSR count). The fourth-order valence-electron chi connectivity index (χ4n) is 3.46. The molecule has 0 amide bonds. The van der Waals surface area contributed by atoms with Crippen LogP contribution in [-0.4, -0.2) is 0 Å². The summed E-state index contributed by atoms with van der Waals surface area (Å²) in [6, 6.07) is 15.9. The third-order valence-corrected chi connectivity index (χ3v) is 7.12. The van der Waals surface area contributed by atoms with Gasteiger partial charge in [0.05, 0.1) is 9.06 Å². The van der Waals surface area contributed by atoms with Crippen LogP contribution in [0.2, 0.25) is 0 Å². The van der Waals surface area contributed by atoms with Gasteiger partial charge in [-0.1, -0.05) is 0 Å². The van der Waals surface area contributed by atoms with Crippen LogP contribution in [0, 0.1) is 59.2 Å². The maximum atomic E-state index is 9.17. The molecule has 0 aliphatic rings. The first-order chi connectivity index (χ1) is 13.5. The number of benzene rings is 2. The smallest absolute Gasteiger partial charge is 0.146 e. The van der Waals surface area contributed by atoms with E-state index in [0.29, 0.717) is 9.06 Å². The molecule has 2 aromatic heterocycles. The quantitative estimate of drug-likeness (QED) is 0.445. The molecule has 0 saturated carbocycles. The zero-order chi connectivity index (χ0) is 20.0. The Balaban J connectivity index is 2.19. The molecule has 4 nitrogen and oxygen atoms in total. The van der Waals surface area contributed by atoms with Crippen molar-refractivity contribution < 1.29 is 0 Å². The van der Waals surface area contributed by atoms with Crippen molar-refractivity contribution in [1.29, 1.82) is 21.0 Å². The Labute approximate surface area is 168 Å². The first kappa shape index (κ1) is 17.7. The summed E-state index contributed by atoms with van der Waals surface area (Å²) >= 11 is 2.89. The van der Waals surface area contributed by atoms with Crippen molar-refractivity contribution >= 4 is 64.8 Å². The fourth-order valence-corrected chi connectivity index (χ4v) is 5.67. The Morgan fingerprint density at radius 1 is 0.607 bits per heavy atom. The van der Waals surface area contributed by atoms with Crippen LogP contribution in [0.3, 0.4) is 0 Å². The van der Waals surface area contributed by atoms with Gasteiger partial charge in [-0.2, -0.15) is 21.0 Å². The van der Waals surface area contributed by atoms with Gasteiger partial charge in [0.1, 0.15) is 35.4 Å². The largest absolute Gasteiger partial charge is 0.192 e. The molecule has 0 atom stereocenters. The van der Waals surface area contributed by atoms with Gasteiger partial charge < -0.3 is 0 Å². The lowest BCUT2D eigenvalue weighted by Gasteiger charge is -2.08. The maximum absolute atomic E-state index is 9.17. The monoisotopic (exact) mass is 394 g/mol. The van der Waals surface area contributed by atoms with Gasteiger partial charge in [0.25, 0.3) is 0 Å². The van der Waals surface area contributed by atoms with Crippen molar-refractivity contribution in [2.45, 2.75) is 13.8 Å². The Morgan fingerprint density at radius 3 is 1.29 bits per heavy atom. The predicted molar refractivity (Wildman–Crippen MR) is 113 cm³/mol. The molecular weight excluding hydrogens is 384 g/mol. The van der Waals surface area contributed by atoms with Crippen LogP contribution >= 0.6 is 22.7 Å². The summed E-state index contributed by atoms with van der Waals surface area (Å²) in [4.78, 5) is 0. The Hall–Kier alpha value is -3.68. The average Bonchev–Trinajstić information content (AvgIpc) is 3.30. The van der Waals surface area contributed by atoms with Gasteiger partial charge >= 0.3 is 0 Å².